The Morgan fingerprint density at radius 2 is 1.54 bits per heavy atom. The lowest BCUT2D eigenvalue weighted by Crippen LogP contribution is -2.33. The minimum Gasteiger partial charge on any atom is -0.265 e. The first-order valence-corrected chi connectivity index (χ1v) is 8.81. The van der Waals surface area contributed by atoms with Crippen molar-refractivity contribution in [1.29, 1.82) is 0 Å². The van der Waals surface area contributed by atoms with Gasteiger partial charge in [-0.15, -0.1) is 0 Å². The highest BCUT2D eigenvalue weighted by Gasteiger charge is 2.43. The van der Waals surface area contributed by atoms with E-state index in [4.69, 9.17) is 35.4 Å². The number of rotatable bonds is 2. The number of carbonyl (C=O) groups is 2. The minimum absolute atomic E-state index is 0.110. The topological polar surface area (TPSA) is 40.6 Å². The van der Waals surface area contributed by atoms with Crippen molar-refractivity contribution in [1.82, 2.24) is 0 Å². The Hall–Kier alpha value is -2.47. The molecule has 128 valence electrons. The van der Waals surface area contributed by atoms with Crippen LogP contribution in [0.25, 0.3) is 10.8 Å². The van der Waals surface area contributed by atoms with Crippen LogP contribution in [-0.4, -0.2) is 16.9 Å². The van der Waals surface area contributed by atoms with E-state index in [-0.39, 0.29) is 10.0 Å². The number of imide groups is 1. The quantitative estimate of drug-likeness (QED) is 0.424. The Balaban J connectivity index is 1.84. The fourth-order valence-corrected chi connectivity index (χ4v) is 3.50. The monoisotopic (exact) mass is 400 g/mol. The Morgan fingerprint density at radius 1 is 0.808 bits per heavy atom. The Labute approximate surface area is 164 Å². The third kappa shape index (κ3) is 2.56. The number of fused-ring (bicyclic) bond motifs is 1. The van der Waals surface area contributed by atoms with Crippen LogP contribution in [0.4, 0.5) is 16.2 Å². The average Bonchev–Trinajstić information content (AvgIpc) is 2.86. The third-order valence-corrected chi connectivity index (χ3v) is 5.24. The number of hydrogen-bond acceptors (Lipinski definition) is 3. The van der Waals surface area contributed by atoms with E-state index < -0.39 is 11.9 Å². The summed E-state index contributed by atoms with van der Waals surface area (Å²) in [6.45, 7) is 0. The van der Waals surface area contributed by atoms with E-state index >= 15 is 0 Å². The number of hydrogen-bond donors (Lipinski definition) is 0. The number of carbonyl (C=O) groups excluding carboxylic acids is 2. The van der Waals surface area contributed by atoms with Gasteiger partial charge in [-0.3, -0.25) is 4.79 Å². The summed E-state index contributed by atoms with van der Waals surface area (Å²) in [4.78, 5) is 27.9. The molecular formula is C19H10Cl2N2O2S. The summed E-state index contributed by atoms with van der Waals surface area (Å²) >= 11 is 17.2. The maximum absolute atomic E-state index is 13.0. The number of urea groups is 1. The van der Waals surface area contributed by atoms with Gasteiger partial charge in [-0.1, -0.05) is 71.8 Å². The van der Waals surface area contributed by atoms with Crippen LogP contribution in [0.3, 0.4) is 0 Å². The van der Waals surface area contributed by atoms with Crippen molar-refractivity contribution in [2.45, 2.75) is 0 Å². The molecule has 4 nitrogen and oxygen atoms in total. The van der Waals surface area contributed by atoms with Crippen molar-refractivity contribution in [3.63, 3.8) is 0 Å². The van der Waals surface area contributed by atoms with Crippen molar-refractivity contribution < 1.29 is 9.59 Å². The highest BCUT2D eigenvalue weighted by atomic mass is 35.5. The zero-order chi connectivity index (χ0) is 18.4. The van der Waals surface area contributed by atoms with Gasteiger partial charge in [0.1, 0.15) is 0 Å². The summed E-state index contributed by atoms with van der Waals surface area (Å²) < 4.78 is 0. The van der Waals surface area contributed by atoms with Crippen molar-refractivity contribution in [3.05, 3.63) is 70.7 Å². The fourth-order valence-electron chi connectivity index (χ4n) is 2.93. The molecule has 1 saturated heterocycles. The molecule has 1 heterocycles. The molecule has 1 aliphatic rings. The molecule has 0 saturated carbocycles. The lowest BCUT2D eigenvalue weighted by Gasteiger charge is -2.18. The molecule has 1 fully saturated rings. The smallest absolute Gasteiger partial charge is 0.265 e. The molecule has 0 N–H and O–H groups in total. The van der Waals surface area contributed by atoms with Gasteiger partial charge in [-0.25, -0.2) is 14.6 Å². The van der Waals surface area contributed by atoms with Crippen LogP contribution in [-0.2, 0) is 4.79 Å². The number of thiocarbonyl (C=S) groups is 1. The van der Waals surface area contributed by atoms with Gasteiger partial charge in [0.25, 0.3) is 5.91 Å². The molecule has 7 heteroatoms. The molecule has 0 atom stereocenters. The van der Waals surface area contributed by atoms with Gasteiger partial charge in [-0.05, 0) is 29.7 Å². The normalized spacial score (nSPS) is 14.6. The van der Waals surface area contributed by atoms with E-state index in [1.807, 2.05) is 30.3 Å². The van der Waals surface area contributed by atoms with Gasteiger partial charge in [0.15, 0.2) is 4.99 Å². The van der Waals surface area contributed by atoms with E-state index in [1.54, 1.807) is 24.3 Å². The van der Waals surface area contributed by atoms with Gasteiger partial charge < -0.3 is 0 Å². The van der Waals surface area contributed by atoms with Gasteiger partial charge in [0.05, 0.1) is 21.4 Å². The van der Waals surface area contributed by atoms with E-state index in [2.05, 4.69) is 0 Å². The number of halogens is 2. The summed E-state index contributed by atoms with van der Waals surface area (Å²) in [5.74, 6) is -0.549. The van der Waals surface area contributed by atoms with E-state index in [0.717, 1.165) is 15.7 Å². The molecule has 4 rings (SSSR count). The first-order chi connectivity index (χ1) is 12.5. The fraction of sp³-hybridized carbons (Fsp3) is 0. The lowest BCUT2D eigenvalue weighted by atomic mass is 10.1. The first-order valence-electron chi connectivity index (χ1n) is 7.64. The third-order valence-electron chi connectivity index (χ3n) is 4.14. The molecule has 3 aromatic rings. The molecular weight excluding hydrogens is 391 g/mol. The van der Waals surface area contributed by atoms with E-state index in [9.17, 15) is 9.59 Å². The van der Waals surface area contributed by atoms with E-state index in [0.29, 0.717) is 16.4 Å². The van der Waals surface area contributed by atoms with Crippen molar-refractivity contribution in [2.75, 3.05) is 9.80 Å². The molecule has 0 aliphatic carbocycles. The average molecular weight is 401 g/mol. The Morgan fingerprint density at radius 3 is 2.31 bits per heavy atom. The highest BCUT2D eigenvalue weighted by molar-refractivity contribution is 7.82. The maximum Gasteiger partial charge on any atom is 0.341 e. The van der Waals surface area contributed by atoms with Gasteiger partial charge in [0.2, 0.25) is 0 Å². The molecule has 3 aromatic carbocycles. The molecule has 0 radical (unpaired) electrons. The van der Waals surface area contributed by atoms with Crippen LogP contribution in [0.1, 0.15) is 0 Å². The zero-order valence-corrected chi connectivity index (χ0v) is 15.5. The SMILES string of the molecule is O=C1C(=S)N(c2ccc(Cl)c(Cl)c2)C(=O)N1c1cccc2ccccc12. The predicted octanol–water partition coefficient (Wildman–Crippen LogP) is 5.45. The zero-order valence-electron chi connectivity index (χ0n) is 13.1. The summed E-state index contributed by atoms with van der Waals surface area (Å²) in [7, 11) is 0. The molecule has 1 aliphatic heterocycles. The van der Waals surface area contributed by atoms with Crippen molar-refractivity contribution >= 4 is 74.5 Å². The predicted molar refractivity (Wildman–Crippen MR) is 108 cm³/mol. The van der Waals surface area contributed by atoms with Crippen molar-refractivity contribution in [2.24, 2.45) is 0 Å². The van der Waals surface area contributed by atoms with Gasteiger partial charge >= 0.3 is 6.03 Å². The van der Waals surface area contributed by atoms with Gasteiger partial charge in [0, 0.05) is 5.39 Å². The Kier molecular flexibility index (Phi) is 4.15. The molecule has 26 heavy (non-hydrogen) atoms. The summed E-state index contributed by atoms with van der Waals surface area (Å²) in [5.41, 5.74) is 0.883. The first kappa shape index (κ1) is 17.0. The molecule has 0 aromatic heterocycles. The Bertz CT molecular complexity index is 1090. The lowest BCUT2D eigenvalue weighted by molar-refractivity contribution is -0.111. The number of anilines is 2. The second-order valence-corrected chi connectivity index (χ2v) is 6.86. The van der Waals surface area contributed by atoms with Crippen LogP contribution >= 0.6 is 35.4 Å². The standard InChI is InChI=1S/C19H10Cl2N2O2S/c20-14-9-8-12(10-15(14)21)22-18(26)17(24)23(19(22)25)16-7-3-5-11-4-1-2-6-13(11)16/h1-10H. The molecule has 3 amide bonds. The van der Waals surface area contributed by atoms with E-state index in [1.165, 1.54) is 11.0 Å². The summed E-state index contributed by atoms with van der Waals surface area (Å²) in [6.07, 6.45) is 0. The maximum atomic E-state index is 13.0. The molecule has 0 bridgehead atoms. The second-order valence-electron chi connectivity index (χ2n) is 5.66. The molecule has 0 spiro atoms. The number of amides is 3. The van der Waals surface area contributed by atoms with Crippen molar-refractivity contribution in [3.8, 4) is 0 Å². The molecule has 0 unspecified atom stereocenters. The minimum atomic E-state index is -0.549. The second kappa shape index (κ2) is 6.36. The van der Waals surface area contributed by atoms with Crippen LogP contribution in [0.2, 0.25) is 10.0 Å². The summed E-state index contributed by atoms with van der Waals surface area (Å²) in [5, 5.41) is 2.33. The van der Waals surface area contributed by atoms with Crippen LogP contribution in [0, 0.1) is 0 Å². The summed E-state index contributed by atoms with van der Waals surface area (Å²) in [6, 6.07) is 17.1. The van der Waals surface area contributed by atoms with Crippen LogP contribution in [0.15, 0.2) is 60.7 Å². The number of benzene rings is 3. The van der Waals surface area contributed by atoms with Gasteiger partial charge in [-0.2, -0.15) is 0 Å². The van der Waals surface area contributed by atoms with Crippen LogP contribution in [0.5, 0.6) is 0 Å². The highest BCUT2D eigenvalue weighted by Crippen LogP contribution is 2.34. The van der Waals surface area contributed by atoms with Crippen LogP contribution < -0.4 is 9.80 Å². The largest absolute Gasteiger partial charge is 0.341 e. The number of nitrogens with zero attached hydrogens (tertiary/aromatic N) is 2.